The van der Waals surface area contributed by atoms with E-state index < -0.39 is 0 Å². The number of halogens is 1. The number of anilines is 1. The van der Waals surface area contributed by atoms with Crippen LogP contribution in [0, 0.1) is 5.82 Å². The van der Waals surface area contributed by atoms with Crippen molar-refractivity contribution in [3.8, 4) is 11.1 Å². The first-order valence-corrected chi connectivity index (χ1v) is 4.92. The van der Waals surface area contributed by atoms with Crippen LogP contribution in [0.1, 0.15) is 11.1 Å². The summed E-state index contributed by atoms with van der Waals surface area (Å²) in [6.45, 7) is 0. The van der Waals surface area contributed by atoms with Crippen LogP contribution in [-0.2, 0) is 6.42 Å². The average Bonchev–Trinajstić information content (AvgIpc) is 2.63. The highest BCUT2D eigenvalue weighted by Gasteiger charge is 2.21. The minimum atomic E-state index is -0.260. The van der Waals surface area contributed by atoms with Crippen LogP contribution in [0.4, 0.5) is 10.1 Å². The van der Waals surface area contributed by atoms with Crippen LogP contribution >= 0.6 is 0 Å². The summed E-state index contributed by atoms with van der Waals surface area (Å²) < 4.78 is 13.7. The Hall–Kier alpha value is -1.83. The molecule has 15 heavy (non-hydrogen) atoms. The molecule has 1 aliphatic carbocycles. The third-order valence-corrected chi connectivity index (χ3v) is 2.95. The fraction of sp³-hybridized carbons (Fsp3) is 0.0769. The lowest BCUT2D eigenvalue weighted by molar-refractivity contribution is 0.621. The fourth-order valence-corrected chi connectivity index (χ4v) is 2.19. The summed E-state index contributed by atoms with van der Waals surface area (Å²) >= 11 is 0. The molecule has 0 bridgehead atoms. The van der Waals surface area contributed by atoms with Gasteiger partial charge in [-0.25, -0.2) is 4.39 Å². The van der Waals surface area contributed by atoms with E-state index in [-0.39, 0.29) is 11.5 Å². The van der Waals surface area contributed by atoms with Crippen molar-refractivity contribution in [3.05, 3.63) is 53.3 Å². The van der Waals surface area contributed by atoms with Crippen LogP contribution < -0.4 is 5.73 Å². The molecule has 0 atom stereocenters. The Morgan fingerprint density at radius 1 is 1.00 bits per heavy atom. The Morgan fingerprint density at radius 2 is 1.80 bits per heavy atom. The number of rotatable bonds is 0. The van der Waals surface area contributed by atoms with Crippen molar-refractivity contribution < 1.29 is 4.39 Å². The van der Waals surface area contributed by atoms with Crippen molar-refractivity contribution in [3.63, 3.8) is 0 Å². The molecule has 1 nitrogen and oxygen atoms in total. The Balaban J connectivity index is 2.31. The SMILES string of the molecule is Nc1ccc2c(c1F)Cc1ccccc1-2. The topological polar surface area (TPSA) is 26.0 Å². The molecule has 0 saturated carbocycles. The quantitative estimate of drug-likeness (QED) is 0.553. The van der Waals surface area contributed by atoms with Gasteiger partial charge in [0.05, 0.1) is 5.69 Å². The van der Waals surface area contributed by atoms with Gasteiger partial charge in [-0.2, -0.15) is 0 Å². The van der Waals surface area contributed by atoms with E-state index in [1.165, 1.54) is 5.56 Å². The Labute approximate surface area is 87.4 Å². The van der Waals surface area contributed by atoms with Gasteiger partial charge in [0.2, 0.25) is 0 Å². The monoisotopic (exact) mass is 199 g/mol. The molecule has 2 aromatic carbocycles. The molecule has 0 saturated heterocycles. The number of nitrogens with two attached hydrogens (primary N) is 1. The van der Waals surface area contributed by atoms with Gasteiger partial charge >= 0.3 is 0 Å². The maximum Gasteiger partial charge on any atom is 0.150 e. The number of benzene rings is 2. The van der Waals surface area contributed by atoms with Crippen molar-refractivity contribution in [2.24, 2.45) is 0 Å². The Bertz CT molecular complexity index is 546. The predicted octanol–water partition coefficient (Wildman–Crippen LogP) is 2.98. The van der Waals surface area contributed by atoms with Gasteiger partial charge in [-0.15, -0.1) is 0 Å². The zero-order valence-electron chi connectivity index (χ0n) is 8.13. The maximum atomic E-state index is 13.7. The molecule has 0 aromatic heterocycles. The number of nitrogen functional groups attached to an aromatic ring is 1. The summed E-state index contributed by atoms with van der Waals surface area (Å²) in [6, 6.07) is 11.5. The van der Waals surface area contributed by atoms with Crippen LogP contribution in [0.2, 0.25) is 0 Å². The van der Waals surface area contributed by atoms with E-state index in [1.807, 2.05) is 30.3 Å². The number of hydrogen-bond acceptors (Lipinski definition) is 1. The molecule has 0 unspecified atom stereocenters. The summed E-state index contributed by atoms with van der Waals surface area (Å²) in [6.07, 6.45) is 0.655. The zero-order chi connectivity index (χ0) is 10.4. The fourth-order valence-electron chi connectivity index (χ4n) is 2.19. The molecule has 0 aliphatic heterocycles. The van der Waals surface area contributed by atoms with Crippen LogP contribution in [0.3, 0.4) is 0 Å². The molecule has 74 valence electrons. The summed E-state index contributed by atoms with van der Waals surface area (Å²) in [4.78, 5) is 0. The van der Waals surface area contributed by atoms with E-state index in [0.717, 1.165) is 16.7 Å². The Kier molecular flexibility index (Phi) is 1.60. The van der Waals surface area contributed by atoms with Crippen LogP contribution in [0.25, 0.3) is 11.1 Å². The van der Waals surface area contributed by atoms with Crippen LogP contribution in [0.15, 0.2) is 36.4 Å². The molecule has 2 aromatic rings. The molecule has 0 spiro atoms. The van der Waals surface area contributed by atoms with E-state index >= 15 is 0 Å². The zero-order valence-corrected chi connectivity index (χ0v) is 8.13. The minimum Gasteiger partial charge on any atom is -0.396 e. The molecule has 3 rings (SSSR count). The van der Waals surface area contributed by atoms with Crippen molar-refractivity contribution in [2.45, 2.75) is 6.42 Å². The van der Waals surface area contributed by atoms with Gasteiger partial charge in [-0.1, -0.05) is 30.3 Å². The summed E-state index contributed by atoms with van der Waals surface area (Å²) in [5.74, 6) is -0.260. The van der Waals surface area contributed by atoms with Gasteiger partial charge in [-0.3, -0.25) is 0 Å². The molecular formula is C13H10FN. The van der Waals surface area contributed by atoms with Crippen molar-refractivity contribution in [2.75, 3.05) is 5.73 Å². The van der Waals surface area contributed by atoms with Gasteiger partial charge in [-0.05, 0) is 22.8 Å². The highest BCUT2D eigenvalue weighted by molar-refractivity contribution is 5.78. The highest BCUT2D eigenvalue weighted by Crippen LogP contribution is 2.38. The van der Waals surface area contributed by atoms with Gasteiger partial charge in [0.15, 0.2) is 0 Å². The van der Waals surface area contributed by atoms with Crippen LogP contribution in [-0.4, -0.2) is 0 Å². The minimum absolute atomic E-state index is 0.238. The molecule has 0 heterocycles. The molecule has 2 heteroatoms. The lowest BCUT2D eigenvalue weighted by Crippen LogP contribution is -1.95. The second kappa shape index (κ2) is 2.83. The first-order valence-electron chi connectivity index (χ1n) is 4.92. The van der Waals surface area contributed by atoms with E-state index in [0.29, 0.717) is 6.42 Å². The predicted molar refractivity (Wildman–Crippen MR) is 59.1 cm³/mol. The Morgan fingerprint density at radius 3 is 2.67 bits per heavy atom. The third-order valence-electron chi connectivity index (χ3n) is 2.95. The summed E-state index contributed by atoms with van der Waals surface area (Å²) in [5.41, 5.74) is 9.82. The van der Waals surface area contributed by atoms with Crippen molar-refractivity contribution in [1.29, 1.82) is 0 Å². The third kappa shape index (κ3) is 1.08. The van der Waals surface area contributed by atoms with Crippen molar-refractivity contribution >= 4 is 5.69 Å². The van der Waals surface area contributed by atoms with Gasteiger partial charge in [0, 0.05) is 12.0 Å². The number of hydrogen-bond donors (Lipinski definition) is 1. The highest BCUT2D eigenvalue weighted by atomic mass is 19.1. The van der Waals surface area contributed by atoms with Crippen molar-refractivity contribution in [1.82, 2.24) is 0 Å². The van der Waals surface area contributed by atoms with Crippen LogP contribution in [0.5, 0.6) is 0 Å². The lowest BCUT2D eigenvalue weighted by Gasteiger charge is -2.03. The smallest absolute Gasteiger partial charge is 0.150 e. The summed E-state index contributed by atoms with van der Waals surface area (Å²) in [5, 5.41) is 0. The lowest BCUT2D eigenvalue weighted by atomic mass is 10.1. The van der Waals surface area contributed by atoms with E-state index in [2.05, 4.69) is 0 Å². The second-order valence-corrected chi connectivity index (χ2v) is 3.83. The van der Waals surface area contributed by atoms with E-state index in [9.17, 15) is 4.39 Å². The first-order chi connectivity index (χ1) is 7.27. The molecule has 1 aliphatic rings. The van der Waals surface area contributed by atoms with Gasteiger partial charge < -0.3 is 5.73 Å². The molecule has 0 amide bonds. The average molecular weight is 199 g/mol. The standard InChI is InChI=1S/C13H10FN/c14-13-11-7-8-3-1-2-4-9(8)10(11)5-6-12(13)15/h1-6H,7,15H2. The van der Waals surface area contributed by atoms with Gasteiger partial charge in [0.25, 0.3) is 0 Å². The second-order valence-electron chi connectivity index (χ2n) is 3.83. The van der Waals surface area contributed by atoms with Gasteiger partial charge in [0.1, 0.15) is 5.82 Å². The largest absolute Gasteiger partial charge is 0.396 e. The summed E-state index contributed by atoms with van der Waals surface area (Å²) in [7, 11) is 0. The first kappa shape index (κ1) is 8.48. The normalized spacial score (nSPS) is 12.3. The molecular weight excluding hydrogens is 189 g/mol. The molecule has 0 fully saturated rings. The number of fused-ring (bicyclic) bond motifs is 3. The maximum absolute atomic E-state index is 13.7. The van der Waals surface area contributed by atoms with E-state index in [1.54, 1.807) is 6.07 Å². The van der Waals surface area contributed by atoms with E-state index in [4.69, 9.17) is 5.73 Å². The molecule has 0 radical (unpaired) electrons. The molecule has 2 N–H and O–H groups in total.